The van der Waals surface area contributed by atoms with Gasteiger partial charge < -0.3 is 5.11 Å². The lowest BCUT2D eigenvalue weighted by Gasteiger charge is -2.05. The number of rotatable bonds is 3. The molecule has 22 heavy (non-hydrogen) atoms. The van der Waals surface area contributed by atoms with Gasteiger partial charge in [-0.1, -0.05) is 18.2 Å². The predicted molar refractivity (Wildman–Crippen MR) is 88.5 cm³/mol. The van der Waals surface area contributed by atoms with Crippen LogP contribution in [-0.2, 0) is 0 Å². The Kier molecular flexibility index (Phi) is 3.32. The van der Waals surface area contributed by atoms with E-state index in [1.54, 1.807) is 35.4 Å². The van der Waals surface area contributed by atoms with Crippen molar-refractivity contribution in [1.29, 1.82) is 0 Å². The Morgan fingerprint density at radius 3 is 2.77 bits per heavy atom. The first-order valence-electron chi connectivity index (χ1n) is 6.66. The van der Waals surface area contributed by atoms with Crippen molar-refractivity contribution in [2.24, 2.45) is 0 Å². The van der Waals surface area contributed by atoms with Crippen molar-refractivity contribution in [2.45, 2.75) is 10.1 Å². The third kappa shape index (κ3) is 2.26. The quantitative estimate of drug-likeness (QED) is 0.609. The minimum Gasteiger partial charge on any atom is -0.507 e. The van der Waals surface area contributed by atoms with Crippen LogP contribution in [0, 0.1) is 0 Å². The maximum atomic E-state index is 10.1. The van der Waals surface area contributed by atoms with E-state index in [-0.39, 0.29) is 5.75 Å². The number of phenolic OH excluding ortho intramolecular Hbond substituents is 1. The molecule has 3 heterocycles. The molecule has 108 valence electrons. The standard InChI is InChI=1S/C16H11N3OS2/c20-12-6-2-1-5-11(12)14-15(19-9-10-21-16(19)18-14)22-13-7-3-4-8-17-13/h1-10,20H. The normalized spacial score (nSPS) is 11.1. The van der Waals surface area contributed by atoms with Crippen molar-refractivity contribution in [1.82, 2.24) is 14.4 Å². The van der Waals surface area contributed by atoms with Crippen molar-refractivity contribution in [3.05, 3.63) is 60.2 Å². The molecule has 0 unspecified atom stereocenters. The molecule has 0 fully saturated rings. The molecule has 4 rings (SSSR count). The largest absolute Gasteiger partial charge is 0.507 e. The van der Waals surface area contributed by atoms with Gasteiger partial charge in [0.15, 0.2) is 4.96 Å². The molecule has 1 aromatic carbocycles. The number of pyridine rings is 1. The van der Waals surface area contributed by atoms with Crippen molar-refractivity contribution < 1.29 is 5.11 Å². The third-order valence-electron chi connectivity index (χ3n) is 3.22. The molecule has 0 amide bonds. The maximum Gasteiger partial charge on any atom is 0.195 e. The molecule has 0 aliphatic rings. The second kappa shape index (κ2) is 5.47. The number of aromatic hydroxyl groups is 1. The number of hydrogen-bond donors (Lipinski definition) is 1. The number of phenols is 1. The summed E-state index contributed by atoms with van der Waals surface area (Å²) in [5, 5.41) is 14.0. The van der Waals surface area contributed by atoms with Gasteiger partial charge in [0, 0.05) is 23.3 Å². The predicted octanol–water partition coefficient (Wildman–Crippen LogP) is 4.31. The molecule has 0 bridgehead atoms. The van der Waals surface area contributed by atoms with Crippen LogP contribution in [0.25, 0.3) is 16.2 Å². The summed E-state index contributed by atoms with van der Waals surface area (Å²) in [4.78, 5) is 9.94. The number of aromatic nitrogens is 3. The Morgan fingerprint density at radius 2 is 1.95 bits per heavy atom. The highest BCUT2D eigenvalue weighted by Gasteiger charge is 2.18. The van der Waals surface area contributed by atoms with Gasteiger partial charge >= 0.3 is 0 Å². The Labute approximate surface area is 135 Å². The van der Waals surface area contributed by atoms with Crippen LogP contribution in [0.15, 0.2) is 70.3 Å². The average molecular weight is 325 g/mol. The first-order chi connectivity index (χ1) is 10.8. The van der Waals surface area contributed by atoms with Gasteiger partial charge in [-0.3, -0.25) is 4.40 Å². The number of nitrogens with zero attached hydrogens (tertiary/aromatic N) is 3. The van der Waals surface area contributed by atoms with Crippen LogP contribution >= 0.6 is 23.1 Å². The van der Waals surface area contributed by atoms with Gasteiger partial charge in [0.2, 0.25) is 0 Å². The zero-order valence-electron chi connectivity index (χ0n) is 11.4. The lowest BCUT2D eigenvalue weighted by atomic mass is 10.1. The molecule has 4 nitrogen and oxygen atoms in total. The molecular weight excluding hydrogens is 314 g/mol. The van der Waals surface area contributed by atoms with Crippen LogP contribution in [0.5, 0.6) is 5.75 Å². The van der Waals surface area contributed by atoms with Crippen molar-refractivity contribution in [3.8, 4) is 17.0 Å². The van der Waals surface area contributed by atoms with E-state index in [1.807, 2.05) is 52.4 Å². The van der Waals surface area contributed by atoms with Crippen molar-refractivity contribution >= 4 is 28.1 Å². The van der Waals surface area contributed by atoms with Crippen LogP contribution in [0.1, 0.15) is 0 Å². The van der Waals surface area contributed by atoms with Gasteiger partial charge in [-0.25, -0.2) is 9.97 Å². The zero-order chi connectivity index (χ0) is 14.9. The van der Waals surface area contributed by atoms with Gasteiger partial charge in [-0.2, -0.15) is 0 Å². The Balaban J connectivity index is 1.90. The lowest BCUT2D eigenvalue weighted by molar-refractivity contribution is 0.477. The first kappa shape index (κ1) is 13.4. The SMILES string of the molecule is Oc1ccccc1-c1nc2sccn2c1Sc1ccccn1. The van der Waals surface area contributed by atoms with E-state index in [0.717, 1.165) is 26.3 Å². The molecule has 3 aromatic heterocycles. The third-order valence-corrected chi connectivity index (χ3v) is 5.01. The summed E-state index contributed by atoms with van der Waals surface area (Å²) in [5.74, 6) is 0.233. The molecule has 0 atom stereocenters. The van der Waals surface area contributed by atoms with Crippen molar-refractivity contribution in [2.75, 3.05) is 0 Å². The minimum atomic E-state index is 0.233. The highest BCUT2D eigenvalue weighted by molar-refractivity contribution is 7.99. The van der Waals surface area contributed by atoms with E-state index in [1.165, 1.54) is 0 Å². The Hall–Kier alpha value is -2.31. The second-order valence-electron chi connectivity index (χ2n) is 4.61. The minimum absolute atomic E-state index is 0.233. The highest BCUT2D eigenvalue weighted by Crippen LogP contribution is 2.39. The van der Waals surface area contributed by atoms with Gasteiger partial charge in [0.1, 0.15) is 21.5 Å². The molecule has 0 spiro atoms. The van der Waals surface area contributed by atoms with Gasteiger partial charge in [0.25, 0.3) is 0 Å². The summed E-state index contributed by atoms with van der Waals surface area (Å²) in [6.07, 6.45) is 3.76. The van der Waals surface area contributed by atoms with Gasteiger partial charge in [-0.05, 0) is 36.0 Å². The summed E-state index contributed by atoms with van der Waals surface area (Å²) < 4.78 is 2.03. The van der Waals surface area contributed by atoms with E-state index in [0.29, 0.717) is 0 Å². The molecule has 0 saturated heterocycles. The number of para-hydroxylation sites is 1. The highest BCUT2D eigenvalue weighted by atomic mass is 32.2. The molecule has 0 saturated carbocycles. The second-order valence-corrected chi connectivity index (χ2v) is 6.49. The summed E-state index contributed by atoms with van der Waals surface area (Å²) >= 11 is 3.11. The van der Waals surface area contributed by atoms with Crippen LogP contribution in [-0.4, -0.2) is 19.5 Å². The molecular formula is C16H11N3OS2. The van der Waals surface area contributed by atoms with Crippen molar-refractivity contribution in [3.63, 3.8) is 0 Å². The average Bonchev–Trinajstić information content (AvgIpc) is 3.12. The molecule has 4 aromatic rings. The van der Waals surface area contributed by atoms with Crippen LogP contribution in [0.3, 0.4) is 0 Å². The monoisotopic (exact) mass is 325 g/mol. The van der Waals surface area contributed by atoms with Crippen LogP contribution in [0.4, 0.5) is 0 Å². The molecule has 6 heteroatoms. The van der Waals surface area contributed by atoms with E-state index in [2.05, 4.69) is 9.97 Å². The van der Waals surface area contributed by atoms with Crippen LogP contribution in [0.2, 0.25) is 0 Å². The summed E-state index contributed by atoms with van der Waals surface area (Å²) in [5.41, 5.74) is 1.51. The fourth-order valence-corrected chi connectivity index (χ4v) is 3.95. The van der Waals surface area contributed by atoms with Gasteiger partial charge in [0.05, 0.1) is 0 Å². The van der Waals surface area contributed by atoms with Crippen LogP contribution < -0.4 is 0 Å². The fraction of sp³-hybridized carbons (Fsp3) is 0. The summed E-state index contributed by atoms with van der Waals surface area (Å²) in [7, 11) is 0. The lowest BCUT2D eigenvalue weighted by Crippen LogP contribution is -1.86. The molecule has 0 aliphatic carbocycles. The maximum absolute atomic E-state index is 10.1. The zero-order valence-corrected chi connectivity index (χ0v) is 13.0. The Bertz CT molecular complexity index is 931. The smallest absolute Gasteiger partial charge is 0.195 e. The van der Waals surface area contributed by atoms with Gasteiger partial charge in [-0.15, -0.1) is 11.3 Å². The van der Waals surface area contributed by atoms with E-state index in [9.17, 15) is 5.11 Å². The van der Waals surface area contributed by atoms with E-state index < -0.39 is 0 Å². The molecule has 1 N–H and O–H groups in total. The topological polar surface area (TPSA) is 50.4 Å². The summed E-state index contributed by atoms with van der Waals surface area (Å²) in [6.45, 7) is 0. The van der Waals surface area contributed by atoms with E-state index in [4.69, 9.17) is 0 Å². The fourth-order valence-electron chi connectivity index (χ4n) is 2.22. The number of benzene rings is 1. The van der Waals surface area contributed by atoms with E-state index >= 15 is 0 Å². The number of hydrogen-bond acceptors (Lipinski definition) is 5. The Morgan fingerprint density at radius 1 is 1.09 bits per heavy atom. The molecule has 0 radical (unpaired) electrons. The number of fused-ring (bicyclic) bond motifs is 1. The molecule has 0 aliphatic heterocycles. The number of thiazole rings is 1. The summed E-state index contributed by atoms with van der Waals surface area (Å²) in [6, 6.07) is 13.1. The first-order valence-corrected chi connectivity index (χ1v) is 8.35. The number of imidazole rings is 1.